The molecule has 1 atom stereocenters. The van der Waals surface area contributed by atoms with Crippen LogP contribution < -0.4 is 0 Å². The van der Waals surface area contributed by atoms with E-state index in [1.807, 2.05) is 29.2 Å². The standard InChI is InChI=1S/C22H30N4O2/c27-21(14-28-13-20-23-18-4-1-2-5-19(18)24-20)26-11-9-22(16-26)8-3-10-25(15-22)12-17-6-7-17/h1-2,4-5,17H,3,6-16H2,(H,23,24)/t22-/m1/s1. The van der Waals surface area contributed by atoms with Crippen molar-refractivity contribution in [3.8, 4) is 0 Å². The number of aromatic amines is 1. The van der Waals surface area contributed by atoms with E-state index in [1.165, 1.54) is 45.3 Å². The highest BCUT2D eigenvalue weighted by molar-refractivity contribution is 5.78. The quantitative estimate of drug-likeness (QED) is 0.835. The lowest BCUT2D eigenvalue weighted by Crippen LogP contribution is -2.46. The number of carbonyl (C=O) groups excluding carboxylic acids is 1. The number of hydrogen-bond donors (Lipinski definition) is 1. The van der Waals surface area contributed by atoms with Crippen molar-refractivity contribution in [1.29, 1.82) is 0 Å². The minimum Gasteiger partial charge on any atom is -0.364 e. The summed E-state index contributed by atoms with van der Waals surface area (Å²) >= 11 is 0. The predicted molar refractivity (Wildman–Crippen MR) is 108 cm³/mol. The molecule has 6 nitrogen and oxygen atoms in total. The third kappa shape index (κ3) is 3.94. The van der Waals surface area contributed by atoms with Gasteiger partial charge >= 0.3 is 0 Å². The first kappa shape index (κ1) is 18.1. The van der Waals surface area contributed by atoms with Crippen LogP contribution in [0, 0.1) is 11.3 Å². The van der Waals surface area contributed by atoms with Crippen molar-refractivity contribution in [3.05, 3.63) is 30.1 Å². The Labute approximate surface area is 166 Å². The third-order valence-electron chi connectivity index (χ3n) is 6.65. The lowest BCUT2D eigenvalue weighted by atomic mass is 9.79. The monoisotopic (exact) mass is 382 g/mol. The van der Waals surface area contributed by atoms with E-state index in [4.69, 9.17) is 4.74 Å². The van der Waals surface area contributed by atoms with Gasteiger partial charge in [-0.2, -0.15) is 0 Å². The highest BCUT2D eigenvalue weighted by atomic mass is 16.5. The Balaban J connectivity index is 1.11. The molecular weight excluding hydrogens is 352 g/mol. The summed E-state index contributed by atoms with van der Waals surface area (Å²) in [6.45, 7) is 5.95. The fraction of sp³-hybridized carbons (Fsp3) is 0.636. The molecule has 1 aromatic heterocycles. The first-order chi connectivity index (χ1) is 13.7. The van der Waals surface area contributed by atoms with Crippen LogP contribution in [-0.4, -0.2) is 65.0 Å². The topological polar surface area (TPSA) is 61.5 Å². The smallest absolute Gasteiger partial charge is 0.248 e. The molecule has 1 spiro atoms. The second kappa shape index (κ2) is 7.48. The SMILES string of the molecule is O=C(COCc1nc2ccccc2[nH]1)N1CC[C@@]2(CCCN(CC3CC3)C2)C1. The first-order valence-corrected chi connectivity index (χ1v) is 10.7. The van der Waals surface area contributed by atoms with Gasteiger partial charge in [0.1, 0.15) is 19.0 Å². The molecule has 1 saturated carbocycles. The number of H-pyrrole nitrogens is 1. The number of hydrogen-bond acceptors (Lipinski definition) is 4. The Morgan fingerprint density at radius 2 is 2.11 bits per heavy atom. The number of carbonyl (C=O) groups is 1. The highest BCUT2D eigenvalue weighted by Gasteiger charge is 2.43. The number of imidazole rings is 1. The van der Waals surface area contributed by atoms with Crippen LogP contribution in [0.2, 0.25) is 0 Å². The summed E-state index contributed by atoms with van der Waals surface area (Å²) in [6, 6.07) is 7.92. The summed E-state index contributed by atoms with van der Waals surface area (Å²) < 4.78 is 5.69. The molecular formula is C22H30N4O2. The summed E-state index contributed by atoms with van der Waals surface area (Å²) in [6.07, 6.45) is 6.51. The summed E-state index contributed by atoms with van der Waals surface area (Å²) in [7, 11) is 0. The van der Waals surface area contributed by atoms with Crippen LogP contribution in [0.3, 0.4) is 0 Å². The first-order valence-electron chi connectivity index (χ1n) is 10.7. The number of rotatable bonds is 6. The zero-order valence-corrected chi connectivity index (χ0v) is 16.5. The van der Waals surface area contributed by atoms with Crippen LogP contribution in [0.4, 0.5) is 0 Å². The van der Waals surface area contributed by atoms with Gasteiger partial charge in [0, 0.05) is 31.6 Å². The Morgan fingerprint density at radius 3 is 2.96 bits per heavy atom. The number of nitrogens with one attached hydrogen (secondary N) is 1. The molecule has 6 heteroatoms. The van der Waals surface area contributed by atoms with Crippen LogP contribution in [0.15, 0.2) is 24.3 Å². The van der Waals surface area contributed by atoms with Gasteiger partial charge in [0.25, 0.3) is 0 Å². The molecule has 1 aliphatic carbocycles. The van der Waals surface area contributed by atoms with Crippen molar-refractivity contribution in [2.75, 3.05) is 39.3 Å². The molecule has 5 rings (SSSR count). The van der Waals surface area contributed by atoms with Gasteiger partial charge in [-0.25, -0.2) is 4.98 Å². The number of amides is 1. The van der Waals surface area contributed by atoms with Gasteiger partial charge in [0.15, 0.2) is 0 Å². The Kier molecular flexibility index (Phi) is 4.85. The molecule has 3 aliphatic rings. The molecule has 0 unspecified atom stereocenters. The Bertz CT molecular complexity index is 813. The van der Waals surface area contributed by atoms with E-state index < -0.39 is 0 Å². The Hall–Kier alpha value is -1.92. The number of aromatic nitrogens is 2. The Morgan fingerprint density at radius 1 is 1.21 bits per heavy atom. The molecule has 0 radical (unpaired) electrons. The number of piperidine rings is 1. The van der Waals surface area contributed by atoms with E-state index in [-0.39, 0.29) is 12.5 Å². The van der Waals surface area contributed by atoms with E-state index in [0.717, 1.165) is 42.3 Å². The van der Waals surface area contributed by atoms with Gasteiger partial charge in [0.2, 0.25) is 5.91 Å². The molecule has 1 aromatic carbocycles. The van der Waals surface area contributed by atoms with Crippen LogP contribution in [0.25, 0.3) is 11.0 Å². The van der Waals surface area contributed by atoms with Crippen molar-refractivity contribution in [1.82, 2.24) is 19.8 Å². The van der Waals surface area contributed by atoms with Gasteiger partial charge in [-0.15, -0.1) is 0 Å². The molecule has 0 bridgehead atoms. The number of para-hydroxylation sites is 2. The maximum atomic E-state index is 12.7. The molecule has 2 aromatic rings. The van der Waals surface area contributed by atoms with Crippen molar-refractivity contribution in [2.24, 2.45) is 11.3 Å². The summed E-state index contributed by atoms with van der Waals surface area (Å²) in [5, 5.41) is 0. The van der Waals surface area contributed by atoms with Gasteiger partial charge in [-0.05, 0) is 56.7 Å². The predicted octanol–water partition coefficient (Wildman–Crippen LogP) is 2.80. The summed E-state index contributed by atoms with van der Waals surface area (Å²) in [5.41, 5.74) is 2.26. The zero-order chi connectivity index (χ0) is 19.0. The fourth-order valence-corrected chi connectivity index (χ4v) is 5.01. The average molecular weight is 383 g/mol. The van der Waals surface area contributed by atoms with Gasteiger partial charge in [0.05, 0.1) is 11.0 Å². The van der Waals surface area contributed by atoms with E-state index in [1.54, 1.807) is 0 Å². The van der Waals surface area contributed by atoms with Crippen LogP contribution in [0.1, 0.15) is 37.9 Å². The maximum absolute atomic E-state index is 12.7. The van der Waals surface area contributed by atoms with Crippen molar-refractivity contribution >= 4 is 16.9 Å². The van der Waals surface area contributed by atoms with Crippen LogP contribution in [-0.2, 0) is 16.1 Å². The number of ether oxygens (including phenoxy) is 1. The summed E-state index contributed by atoms with van der Waals surface area (Å²) in [5.74, 6) is 1.84. The van der Waals surface area contributed by atoms with E-state index >= 15 is 0 Å². The molecule has 28 heavy (non-hydrogen) atoms. The molecule has 1 amide bonds. The molecule has 3 heterocycles. The largest absolute Gasteiger partial charge is 0.364 e. The number of benzene rings is 1. The van der Waals surface area contributed by atoms with E-state index in [2.05, 4.69) is 14.9 Å². The van der Waals surface area contributed by atoms with Crippen LogP contribution >= 0.6 is 0 Å². The van der Waals surface area contributed by atoms with Crippen molar-refractivity contribution in [2.45, 2.75) is 38.7 Å². The minimum atomic E-state index is 0.118. The van der Waals surface area contributed by atoms with E-state index in [9.17, 15) is 4.79 Å². The number of likely N-dealkylation sites (tertiary alicyclic amines) is 2. The van der Waals surface area contributed by atoms with Gasteiger partial charge in [-0.3, -0.25) is 4.79 Å². The van der Waals surface area contributed by atoms with E-state index in [0.29, 0.717) is 12.0 Å². The van der Waals surface area contributed by atoms with Gasteiger partial charge < -0.3 is 19.5 Å². The minimum absolute atomic E-state index is 0.118. The second-order valence-corrected chi connectivity index (χ2v) is 9.04. The molecule has 3 fully saturated rings. The van der Waals surface area contributed by atoms with Crippen molar-refractivity contribution < 1.29 is 9.53 Å². The summed E-state index contributed by atoms with van der Waals surface area (Å²) in [4.78, 5) is 25.1. The molecule has 150 valence electrons. The maximum Gasteiger partial charge on any atom is 0.248 e. The third-order valence-corrected chi connectivity index (χ3v) is 6.65. The van der Waals surface area contributed by atoms with Gasteiger partial charge in [-0.1, -0.05) is 12.1 Å². The fourth-order valence-electron chi connectivity index (χ4n) is 5.01. The second-order valence-electron chi connectivity index (χ2n) is 9.04. The average Bonchev–Trinajstić information content (AvgIpc) is 3.26. The number of nitrogens with zero attached hydrogens (tertiary/aromatic N) is 3. The lowest BCUT2D eigenvalue weighted by molar-refractivity contribution is -0.136. The van der Waals surface area contributed by atoms with Crippen LogP contribution in [0.5, 0.6) is 0 Å². The van der Waals surface area contributed by atoms with Crippen molar-refractivity contribution in [3.63, 3.8) is 0 Å². The normalized spacial score (nSPS) is 25.8. The lowest BCUT2D eigenvalue weighted by Gasteiger charge is -2.40. The molecule has 2 saturated heterocycles. The highest BCUT2D eigenvalue weighted by Crippen LogP contribution is 2.40. The molecule has 1 N–H and O–H groups in total. The zero-order valence-electron chi connectivity index (χ0n) is 16.5. The molecule has 2 aliphatic heterocycles. The number of fused-ring (bicyclic) bond motifs is 1.